The van der Waals surface area contributed by atoms with E-state index in [1.54, 1.807) is 20.8 Å². The second-order valence-electron chi connectivity index (χ2n) is 8.78. The van der Waals surface area contributed by atoms with Gasteiger partial charge in [0.15, 0.2) is 0 Å². The molecule has 0 radical (unpaired) electrons. The molecule has 0 heterocycles. The number of carbonyl (C=O) groups excluding carboxylic acids is 1. The minimum atomic E-state index is -0.977. The van der Waals surface area contributed by atoms with Gasteiger partial charge in [0.05, 0.1) is 0 Å². The summed E-state index contributed by atoms with van der Waals surface area (Å²) in [5.41, 5.74) is 0.213. The van der Waals surface area contributed by atoms with Crippen molar-refractivity contribution in [1.82, 2.24) is 5.32 Å². The first-order chi connectivity index (χ1) is 10.4. The van der Waals surface area contributed by atoms with Gasteiger partial charge in [-0.25, -0.2) is 9.59 Å². The largest absolute Gasteiger partial charge is 0.480 e. The van der Waals surface area contributed by atoms with Crippen LogP contribution in [-0.4, -0.2) is 28.8 Å². The number of hydrogen-bond donors (Lipinski definition) is 2. The predicted octanol–water partition coefficient (Wildman–Crippen LogP) is 3.88. The molecule has 0 aliphatic heterocycles. The molecule has 0 saturated heterocycles. The number of aliphatic carboxylic acids is 1. The molecule has 0 spiro atoms. The Morgan fingerprint density at radius 3 is 2.57 bits per heavy atom. The minimum absolute atomic E-state index is 0.0443. The molecule has 23 heavy (non-hydrogen) atoms. The van der Waals surface area contributed by atoms with Gasteiger partial charge in [-0.05, 0) is 58.3 Å². The molecule has 0 aromatic rings. The molecule has 2 bridgehead atoms. The zero-order chi connectivity index (χ0) is 17.5. The standard InChI is InChI=1S/C18H29NO4/c1-16(2,3)23-15(22)19-13(14(20)21)18-8-6-7-12(10-18)9-17(4,5)11-18/h9,13H,6-8,10-11H2,1-5H3,(H,19,22)(H,20,21)/t13-,18?/m1/s1. The van der Waals surface area contributed by atoms with Crippen molar-refractivity contribution < 1.29 is 19.4 Å². The Kier molecular flexibility index (Phi) is 4.53. The molecule has 1 saturated carbocycles. The fourth-order valence-electron chi connectivity index (χ4n) is 4.33. The van der Waals surface area contributed by atoms with Crippen molar-refractivity contribution in [2.45, 2.75) is 78.4 Å². The summed E-state index contributed by atoms with van der Waals surface area (Å²) in [4.78, 5) is 24.0. The summed E-state index contributed by atoms with van der Waals surface area (Å²) in [6, 6.07) is -0.916. The van der Waals surface area contributed by atoms with Crippen LogP contribution >= 0.6 is 0 Å². The summed E-state index contributed by atoms with van der Waals surface area (Å²) in [6.45, 7) is 9.58. The smallest absolute Gasteiger partial charge is 0.408 e. The van der Waals surface area contributed by atoms with E-state index in [1.165, 1.54) is 5.57 Å². The summed E-state index contributed by atoms with van der Waals surface area (Å²) >= 11 is 0. The second-order valence-corrected chi connectivity index (χ2v) is 8.78. The number of carboxylic acid groups (broad SMARTS) is 1. The Morgan fingerprint density at radius 1 is 1.35 bits per heavy atom. The van der Waals surface area contributed by atoms with Crippen LogP contribution in [0.2, 0.25) is 0 Å². The van der Waals surface area contributed by atoms with Gasteiger partial charge < -0.3 is 15.2 Å². The quantitative estimate of drug-likeness (QED) is 0.773. The first kappa shape index (κ1) is 17.8. The lowest BCUT2D eigenvalue weighted by atomic mass is 9.56. The molecule has 0 aromatic heterocycles. The van der Waals surface area contributed by atoms with Gasteiger partial charge in [-0.3, -0.25) is 0 Å². The van der Waals surface area contributed by atoms with Crippen molar-refractivity contribution in [2.24, 2.45) is 10.8 Å². The highest BCUT2D eigenvalue weighted by Gasteiger charge is 2.50. The molecule has 2 atom stereocenters. The number of carbonyl (C=O) groups is 2. The van der Waals surface area contributed by atoms with Crippen molar-refractivity contribution in [3.8, 4) is 0 Å². The average Bonchev–Trinajstić information content (AvgIpc) is 2.31. The first-order valence-corrected chi connectivity index (χ1v) is 8.35. The number of nitrogens with one attached hydrogen (secondary N) is 1. The summed E-state index contributed by atoms with van der Waals surface area (Å²) in [7, 11) is 0. The lowest BCUT2D eigenvalue weighted by Gasteiger charge is -2.50. The van der Waals surface area contributed by atoms with Crippen molar-refractivity contribution in [2.75, 3.05) is 0 Å². The molecule has 1 fully saturated rings. The molecule has 2 rings (SSSR count). The van der Waals surface area contributed by atoms with Crippen LogP contribution < -0.4 is 5.32 Å². The minimum Gasteiger partial charge on any atom is -0.480 e. The number of ether oxygens (including phenoxy) is 1. The maximum Gasteiger partial charge on any atom is 0.408 e. The fourth-order valence-corrected chi connectivity index (χ4v) is 4.33. The first-order valence-electron chi connectivity index (χ1n) is 8.35. The SMILES string of the molecule is CC1(C)C=C2CCCC([C@H](NC(=O)OC(C)(C)C)C(=O)O)(C2)C1. The highest BCUT2D eigenvalue weighted by Crippen LogP contribution is 2.54. The van der Waals surface area contributed by atoms with E-state index in [-0.39, 0.29) is 5.41 Å². The van der Waals surface area contributed by atoms with Crippen molar-refractivity contribution in [3.05, 3.63) is 11.6 Å². The Labute approximate surface area is 138 Å². The number of allylic oxidation sites excluding steroid dienone is 2. The summed E-state index contributed by atoms with van der Waals surface area (Å²) in [5.74, 6) is -0.977. The predicted molar refractivity (Wildman–Crippen MR) is 88.2 cm³/mol. The molecule has 130 valence electrons. The van der Waals surface area contributed by atoms with Crippen LogP contribution in [0.3, 0.4) is 0 Å². The summed E-state index contributed by atoms with van der Waals surface area (Å²) in [5, 5.41) is 12.4. The van der Waals surface area contributed by atoms with E-state index in [1.807, 2.05) is 0 Å². The van der Waals surface area contributed by atoms with Crippen molar-refractivity contribution >= 4 is 12.1 Å². The molecule has 1 unspecified atom stereocenters. The maximum atomic E-state index is 12.1. The summed E-state index contributed by atoms with van der Waals surface area (Å²) < 4.78 is 5.27. The Morgan fingerprint density at radius 2 is 2.00 bits per heavy atom. The second kappa shape index (κ2) is 5.84. The van der Waals surface area contributed by atoms with Crippen molar-refractivity contribution in [1.29, 1.82) is 0 Å². The van der Waals surface area contributed by atoms with E-state index >= 15 is 0 Å². The lowest BCUT2D eigenvalue weighted by molar-refractivity contribution is -0.144. The molecule has 2 aliphatic carbocycles. The van der Waals surface area contributed by atoms with Gasteiger partial charge in [0.25, 0.3) is 0 Å². The Bertz CT molecular complexity index is 530. The number of carboxylic acids is 1. The van der Waals surface area contributed by atoms with E-state index < -0.39 is 29.1 Å². The molecule has 5 nitrogen and oxygen atoms in total. The number of rotatable bonds is 3. The third-order valence-electron chi connectivity index (χ3n) is 4.67. The van der Waals surface area contributed by atoms with E-state index in [2.05, 4.69) is 25.2 Å². The highest BCUT2D eigenvalue weighted by molar-refractivity contribution is 5.81. The fraction of sp³-hybridized carbons (Fsp3) is 0.778. The normalized spacial score (nSPS) is 27.6. The van der Waals surface area contributed by atoms with Crippen LogP contribution in [0.1, 0.15) is 66.7 Å². The van der Waals surface area contributed by atoms with Crippen LogP contribution in [0.5, 0.6) is 0 Å². The molecular weight excluding hydrogens is 294 g/mol. The van der Waals surface area contributed by atoms with E-state index in [9.17, 15) is 14.7 Å². The van der Waals surface area contributed by atoms with Crippen LogP contribution in [0.4, 0.5) is 4.79 Å². The lowest BCUT2D eigenvalue weighted by Crippen LogP contribution is -2.56. The van der Waals surface area contributed by atoms with Crippen LogP contribution in [0, 0.1) is 10.8 Å². The van der Waals surface area contributed by atoms with Crippen LogP contribution in [-0.2, 0) is 9.53 Å². The van der Waals surface area contributed by atoms with Gasteiger partial charge in [-0.1, -0.05) is 25.5 Å². The van der Waals surface area contributed by atoms with E-state index in [0.717, 1.165) is 32.1 Å². The number of fused-ring (bicyclic) bond motifs is 2. The van der Waals surface area contributed by atoms with Gasteiger partial charge in [-0.2, -0.15) is 0 Å². The molecule has 2 aliphatic rings. The third kappa shape index (κ3) is 4.27. The topological polar surface area (TPSA) is 75.6 Å². The van der Waals surface area contributed by atoms with E-state index in [4.69, 9.17) is 4.74 Å². The maximum absolute atomic E-state index is 12.1. The van der Waals surface area contributed by atoms with Crippen LogP contribution in [0.15, 0.2) is 11.6 Å². The molecule has 1 amide bonds. The Hall–Kier alpha value is -1.52. The third-order valence-corrected chi connectivity index (χ3v) is 4.67. The number of hydrogen-bond acceptors (Lipinski definition) is 3. The zero-order valence-electron chi connectivity index (χ0n) is 14.9. The van der Waals surface area contributed by atoms with Crippen LogP contribution in [0.25, 0.3) is 0 Å². The molecule has 2 N–H and O–H groups in total. The van der Waals surface area contributed by atoms with Gasteiger partial charge in [0.1, 0.15) is 11.6 Å². The van der Waals surface area contributed by atoms with E-state index in [0.29, 0.717) is 0 Å². The van der Waals surface area contributed by atoms with Gasteiger partial charge in [0, 0.05) is 5.41 Å². The molecular formula is C18H29NO4. The van der Waals surface area contributed by atoms with Gasteiger partial charge >= 0.3 is 12.1 Å². The van der Waals surface area contributed by atoms with Crippen molar-refractivity contribution in [3.63, 3.8) is 0 Å². The molecule has 5 heteroatoms. The Balaban J connectivity index is 2.25. The van der Waals surface area contributed by atoms with Gasteiger partial charge in [0.2, 0.25) is 0 Å². The summed E-state index contributed by atoms with van der Waals surface area (Å²) in [6.07, 6.45) is 5.97. The average molecular weight is 323 g/mol. The zero-order valence-corrected chi connectivity index (χ0v) is 14.9. The highest BCUT2D eigenvalue weighted by atomic mass is 16.6. The molecule has 0 aromatic carbocycles. The van der Waals surface area contributed by atoms with Gasteiger partial charge in [-0.15, -0.1) is 0 Å². The number of amides is 1. The monoisotopic (exact) mass is 323 g/mol. The number of alkyl carbamates (subject to hydrolysis) is 1.